The number of esters is 1. The molecule has 7 nitrogen and oxygen atoms in total. The Kier molecular flexibility index (Phi) is 5.75. The summed E-state index contributed by atoms with van der Waals surface area (Å²) in [7, 11) is 3.18. The van der Waals surface area contributed by atoms with Gasteiger partial charge >= 0.3 is 5.97 Å². The molecule has 0 radical (unpaired) electrons. The zero-order valence-corrected chi connectivity index (χ0v) is 16.4. The van der Waals surface area contributed by atoms with E-state index in [0.717, 1.165) is 21.8 Å². The summed E-state index contributed by atoms with van der Waals surface area (Å²) >= 11 is 1.46. The largest absolute Gasteiger partial charge is 0.493 e. The van der Waals surface area contributed by atoms with Gasteiger partial charge in [0.05, 0.1) is 37.6 Å². The van der Waals surface area contributed by atoms with Crippen LogP contribution in [0.1, 0.15) is 22.7 Å². The molecule has 0 spiro atoms. The monoisotopic (exact) mass is 388 g/mol. The first-order valence-electron chi connectivity index (χ1n) is 8.26. The van der Waals surface area contributed by atoms with Crippen molar-refractivity contribution in [3.05, 3.63) is 46.3 Å². The van der Waals surface area contributed by atoms with Crippen molar-refractivity contribution in [2.24, 2.45) is 0 Å². The zero-order chi connectivity index (χ0) is 19.4. The van der Waals surface area contributed by atoms with Crippen LogP contribution in [0.15, 0.2) is 28.1 Å². The molecule has 0 N–H and O–H groups in total. The molecule has 3 aromatic rings. The number of aromatic nitrogens is 2. The molecular weight excluding hydrogens is 368 g/mol. The van der Waals surface area contributed by atoms with Crippen LogP contribution in [0.3, 0.4) is 0 Å². The summed E-state index contributed by atoms with van der Waals surface area (Å²) in [5, 5.41) is 6.49. The van der Waals surface area contributed by atoms with Gasteiger partial charge in [0.1, 0.15) is 17.4 Å². The third-order valence-corrected chi connectivity index (χ3v) is 5.01. The van der Waals surface area contributed by atoms with E-state index < -0.39 is 0 Å². The summed E-state index contributed by atoms with van der Waals surface area (Å²) in [6.07, 6.45) is 0.104. The number of thiazole rings is 1. The van der Waals surface area contributed by atoms with Gasteiger partial charge in [-0.25, -0.2) is 4.98 Å². The molecule has 0 atom stereocenters. The van der Waals surface area contributed by atoms with Gasteiger partial charge in [-0.1, -0.05) is 5.16 Å². The first-order chi connectivity index (χ1) is 13.0. The molecule has 0 unspecified atom stereocenters. The maximum absolute atomic E-state index is 12.1. The molecule has 0 aliphatic rings. The Bertz CT molecular complexity index is 928. The molecule has 8 heteroatoms. The lowest BCUT2D eigenvalue weighted by Crippen LogP contribution is -2.09. The van der Waals surface area contributed by atoms with E-state index in [0.29, 0.717) is 23.0 Å². The Morgan fingerprint density at radius 3 is 2.63 bits per heavy atom. The fourth-order valence-corrected chi connectivity index (χ4v) is 3.37. The van der Waals surface area contributed by atoms with Gasteiger partial charge in [-0.2, -0.15) is 0 Å². The van der Waals surface area contributed by atoms with Gasteiger partial charge in [0, 0.05) is 10.9 Å². The number of carbonyl (C=O) groups excluding carboxylic acids is 1. The zero-order valence-electron chi connectivity index (χ0n) is 15.6. The van der Waals surface area contributed by atoms with E-state index in [1.54, 1.807) is 21.1 Å². The van der Waals surface area contributed by atoms with Crippen molar-refractivity contribution in [3.63, 3.8) is 0 Å². The van der Waals surface area contributed by atoms with Gasteiger partial charge in [-0.15, -0.1) is 11.3 Å². The van der Waals surface area contributed by atoms with Crippen molar-refractivity contribution in [1.82, 2.24) is 10.1 Å². The molecule has 0 bridgehead atoms. The Morgan fingerprint density at radius 1 is 1.19 bits per heavy atom. The summed E-state index contributed by atoms with van der Waals surface area (Å²) in [6, 6.07) is 5.59. The van der Waals surface area contributed by atoms with Crippen LogP contribution < -0.4 is 9.47 Å². The third kappa shape index (κ3) is 4.28. The number of nitrogens with zero attached hydrogens (tertiary/aromatic N) is 2. The van der Waals surface area contributed by atoms with Crippen molar-refractivity contribution < 1.29 is 23.5 Å². The van der Waals surface area contributed by atoms with Crippen LogP contribution in [0.25, 0.3) is 10.6 Å². The minimum Gasteiger partial charge on any atom is -0.493 e. The predicted octanol–water partition coefficient (Wildman–Crippen LogP) is 3.72. The fourth-order valence-electron chi connectivity index (χ4n) is 2.55. The number of benzene rings is 1. The lowest BCUT2D eigenvalue weighted by atomic mass is 10.2. The highest BCUT2D eigenvalue weighted by atomic mass is 32.1. The highest BCUT2D eigenvalue weighted by Gasteiger charge is 2.15. The minimum atomic E-state index is -0.348. The first-order valence-corrected chi connectivity index (χ1v) is 9.14. The average Bonchev–Trinajstić information content (AvgIpc) is 3.26. The van der Waals surface area contributed by atoms with E-state index in [1.165, 1.54) is 11.3 Å². The van der Waals surface area contributed by atoms with Crippen LogP contribution >= 0.6 is 11.3 Å². The van der Waals surface area contributed by atoms with Gasteiger partial charge in [-0.05, 0) is 32.0 Å². The number of aryl methyl sites for hydroxylation is 2. The number of hydrogen-bond acceptors (Lipinski definition) is 8. The van der Waals surface area contributed by atoms with Gasteiger partial charge in [0.15, 0.2) is 11.5 Å². The maximum atomic E-state index is 12.1. The van der Waals surface area contributed by atoms with E-state index in [2.05, 4.69) is 10.1 Å². The Labute approximate surface area is 160 Å². The topological polar surface area (TPSA) is 83.7 Å². The summed E-state index contributed by atoms with van der Waals surface area (Å²) in [5.74, 6) is 1.59. The SMILES string of the molecule is COc1ccc(-c2nc(CC(=O)OCc3c(C)noc3C)cs2)cc1OC. The van der Waals surface area contributed by atoms with Crippen LogP contribution in [-0.2, 0) is 22.6 Å². The molecule has 3 rings (SSSR count). The number of ether oxygens (including phenoxy) is 3. The summed E-state index contributed by atoms with van der Waals surface area (Å²) in [5.41, 5.74) is 3.08. The molecule has 1 aromatic carbocycles. The molecular formula is C19H20N2O5S. The van der Waals surface area contributed by atoms with Crippen molar-refractivity contribution in [2.45, 2.75) is 26.9 Å². The van der Waals surface area contributed by atoms with Crippen molar-refractivity contribution in [1.29, 1.82) is 0 Å². The van der Waals surface area contributed by atoms with E-state index in [9.17, 15) is 4.79 Å². The van der Waals surface area contributed by atoms with Crippen molar-refractivity contribution >= 4 is 17.3 Å². The van der Waals surface area contributed by atoms with E-state index in [-0.39, 0.29) is 19.0 Å². The maximum Gasteiger partial charge on any atom is 0.312 e. The second-order valence-corrected chi connectivity index (χ2v) is 6.71. The average molecular weight is 388 g/mol. The number of methoxy groups -OCH3 is 2. The van der Waals surface area contributed by atoms with Crippen molar-refractivity contribution in [2.75, 3.05) is 14.2 Å². The van der Waals surface area contributed by atoms with Gasteiger partial charge < -0.3 is 18.7 Å². The normalized spacial score (nSPS) is 10.7. The van der Waals surface area contributed by atoms with Gasteiger partial charge in [0.2, 0.25) is 0 Å². The summed E-state index contributed by atoms with van der Waals surface area (Å²) in [4.78, 5) is 16.6. The minimum absolute atomic E-state index is 0.104. The van der Waals surface area contributed by atoms with Gasteiger partial charge in [0.25, 0.3) is 0 Å². The Morgan fingerprint density at radius 2 is 1.96 bits per heavy atom. The second-order valence-electron chi connectivity index (χ2n) is 5.85. The quantitative estimate of drug-likeness (QED) is 0.570. The molecule has 0 aliphatic heterocycles. The van der Waals surface area contributed by atoms with Crippen LogP contribution in [0.4, 0.5) is 0 Å². The highest BCUT2D eigenvalue weighted by Crippen LogP contribution is 2.33. The van der Waals surface area contributed by atoms with Crippen LogP contribution in [0.2, 0.25) is 0 Å². The molecule has 2 heterocycles. The molecule has 2 aromatic heterocycles. The van der Waals surface area contributed by atoms with Gasteiger partial charge in [-0.3, -0.25) is 4.79 Å². The number of carbonyl (C=O) groups is 1. The highest BCUT2D eigenvalue weighted by molar-refractivity contribution is 7.13. The number of rotatable bonds is 7. The lowest BCUT2D eigenvalue weighted by molar-refractivity contribution is -0.144. The third-order valence-electron chi connectivity index (χ3n) is 4.07. The van der Waals surface area contributed by atoms with Crippen LogP contribution in [-0.4, -0.2) is 30.3 Å². The fraction of sp³-hybridized carbons (Fsp3) is 0.316. The van der Waals surface area contributed by atoms with Crippen LogP contribution in [0, 0.1) is 13.8 Å². The molecule has 0 saturated heterocycles. The summed E-state index contributed by atoms with van der Waals surface area (Å²) in [6.45, 7) is 3.75. The number of hydrogen-bond donors (Lipinski definition) is 0. The first kappa shape index (κ1) is 18.9. The van der Waals surface area contributed by atoms with E-state index in [1.807, 2.05) is 30.5 Å². The Balaban J connectivity index is 1.65. The summed E-state index contributed by atoms with van der Waals surface area (Å²) < 4.78 is 21.0. The molecule has 0 amide bonds. The van der Waals surface area contributed by atoms with Crippen molar-refractivity contribution in [3.8, 4) is 22.1 Å². The molecule has 0 saturated carbocycles. The molecule has 0 fully saturated rings. The Hall–Kier alpha value is -2.87. The van der Waals surface area contributed by atoms with E-state index in [4.69, 9.17) is 18.7 Å². The molecule has 27 heavy (non-hydrogen) atoms. The van der Waals surface area contributed by atoms with Crippen LogP contribution in [0.5, 0.6) is 11.5 Å². The molecule has 142 valence electrons. The predicted molar refractivity (Wildman–Crippen MR) is 100 cm³/mol. The molecule has 0 aliphatic carbocycles. The standard InChI is InChI=1S/C19H20N2O5S/c1-11-15(12(2)26-21-11)9-25-18(22)8-14-10-27-19(20-14)13-5-6-16(23-3)17(7-13)24-4/h5-7,10H,8-9H2,1-4H3. The smallest absolute Gasteiger partial charge is 0.312 e. The second kappa shape index (κ2) is 8.22. The van der Waals surface area contributed by atoms with E-state index >= 15 is 0 Å². The lowest BCUT2D eigenvalue weighted by Gasteiger charge is -2.08.